The summed E-state index contributed by atoms with van der Waals surface area (Å²) in [5.74, 6) is -1.13. The summed E-state index contributed by atoms with van der Waals surface area (Å²) in [6.07, 6.45) is 1.37. The van der Waals surface area contributed by atoms with Crippen molar-refractivity contribution in [2.24, 2.45) is 0 Å². The summed E-state index contributed by atoms with van der Waals surface area (Å²) >= 11 is 0. The van der Waals surface area contributed by atoms with Crippen molar-refractivity contribution in [3.8, 4) is 0 Å². The summed E-state index contributed by atoms with van der Waals surface area (Å²) in [6.45, 7) is 5.64. The summed E-state index contributed by atoms with van der Waals surface area (Å²) in [4.78, 5) is 11.1. The van der Waals surface area contributed by atoms with Gasteiger partial charge in [0.25, 0.3) is 0 Å². The maximum atomic E-state index is 12.1. The molecule has 18 heavy (non-hydrogen) atoms. The van der Waals surface area contributed by atoms with Crippen molar-refractivity contribution in [2.45, 2.75) is 31.7 Å². The van der Waals surface area contributed by atoms with Crippen molar-refractivity contribution in [2.75, 3.05) is 13.6 Å². The Hall–Kier alpha value is -1.34. The number of sulfonamides is 1. The quantitative estimate of drug-likeness (QED) is 0.880. The zero-order valence-corrected chi connectivity index (χ0v) is 11.7. The minimum Gasteiger partial charge on any atom is -0.477 e. The molecule has 1 aromatic heterocycles. The first-order valence-electron chi connectivity index (χ1n) is 5.63. The molecule has 0 saturated carbocycles. The van der Waals surface area contributed by atoms with E-state index in [2.05, 4.69) is 0 Å². The van der Waals surface area contributed by atoms with Crippen LogP contribution >= 0.6 is 0 Å². The van der Waals surface area contributed by atoms with E-state index in [1.54, 1.807) is 20.8 Å². The number of carbonyl (C=O) groups is 1. The molecule has 0 aliphatic rings. The Balaban J connectivity index is 3.37. The largest absolute Gasteiger partial charge is 0.477 e. The molecule has 0 saturated heterocycles. The van der Waals surface area contributed by atoms with Gasteiger partial charge in [-0.1, -0.05) is 6.92 Å². The lowest BCUT2D eigenvalue weighted by atomic mass is 10.3. The van der Waals surface area contributed by atoms with Gasteiger partial charge in [-0.3, -0.25) is 0 Å². The number of aromatic nitrogens is 1. The fourth-order valence-corrected chi connectivity index (χ4v) is 2.75. The van der Waals surface area contributed by atoms with Crippen molar-refractivity contribution >= 4 is 16.0 Å². The third-order valence-electron chi connectivity index (χ3n) is 2.75. The number of rotatable bonds is 5. The second-order valence-electron chi connectivity index (χ2n) is 4.29. The van der Waals surface area contributed by atoms with E-state index in [0.29, 0.717) is 6.54 Å². The molecule has 0 atom stereocenters. The fraction of sp³-hybridized carbons (Fsp3) is 0.545. The minimum atomic E-state index is -3.61. The highest BCUT2D eigenvalue weighted by atomic mass is 32.2. The summed E-state index contributed by atoms with van der Waals surface area (Å²) in [5.41, 5.74) is -0.0203. The van der Waals surface area contributed by atoms with Crippen molar-refractivity contribution in [3.05, 3.63) is 18.0 Å². The third kappa shape index (κ3) is 2.56. The maximum Gasteiger partial charge on any atom is 0.352 e. The van der Waals surface area contributed by atoms with Crippen LogP contribution in [0.15, 0.2) is 17.2 Å². The highest BCUT2D eigenvalue weighted by molar-refractivity contribution is 7.89. The van der Waals surface area contributed by atoms with Crippen molar-refractivity contribution in [1.29, 1.82) is 0 Å². The first kappa shape index (κ1) is 14.7. The molecule has 0 fully saturated rings. The van der Waals surface area contributed by atoms with Gasteiger partial charge in [0.2, 0.25) is 10.0 Å². The van der Waals surface area contributed by atoms with Crippen molar-refractivity contribution in [1.82, 2.24) is 8.87 Å². The van der Waals surface area contributed by atoms with Crippen LogP contribution in [0.1, 0.15) is 37.3 Å². The summed E-state index contributed by atoms with van der Waals surface area (Å²) in [7, 11) is -2.15. The van der Waals surface area contributed by atoms with E-state index >= 15 is 0 Å². The number of nitrogens with zero attached hydrogens (tertiary/aromatic N) is 2. The fourth-order valence-electron chi connectivity index (χ4n) is 1.54. The molecule has 1 heterocycles. The van der Waals surface area contributed by atoms with Crippen molar-refractivity contribution in [3.63, 3.8) is 0 Å². The van der Waals surface area contributed by atoms with Gasteiger partial charge in [-0.15, -0.1) is 0 Å². The highest BCUT2D eigenvalue weighted by Crippen LogP contribution is 2.21. The standard InChI is InChI=1S/C11H18N2O4S/c1-5-12(4)18(16,17)9-6-10(11(14)15)13(7-9)8(2)3/h6-8H,5H2,1-4H3,(H,14,15). The monoisotopic (exact) mass is 274 g/mol. The maximum absolute atomic E-state index is 12.1. The van der Waals surface area contributed by atoms with Gasteiger partial charge in [-0.05, 0) is 19.9 Å². The first-order valence-corrected chi connectivity index (χ1v) is 7.07. The number of hydrogen-bond donors (Lipinski definition) is 1. The van der Waals surface area contributed by atoms with Crippen LogP contribution in [0, 0.1) is 0 Å². The summed E-state index contributed by atoms with van der Waals surface area (Å²) in [6, 6.07) is 1.08. The van der Waals surface area contributed by atoms with E-state index in [-0.39, 0.29) is 16.6 Å². The van der Waals surface area contributed by atoms with Gasteiger partial charge in [0, 0.05) is 25.8 Å². The number of carboxylic acids is 1. The topological polar surface area (TPSA) is 79.6 Å². The van der Waals surface area contributed by atoms with E-state index in [9.17, 15) is 13.2 Å². The van der Waals surface area contributed by atoms with Crippen LogP contribution in [0.3, 0.4) is 0 Å². The lowest BCUT2D eigenvalue weighted by Gasteiger charge is -2.13. The number of carboxylic acid groups (broad SMARTS) is 1. The molecule has 1 N–H and O–H groups in total. The Bertz CT molecular complexity index is 545. The van der Waals surface area contributed by atoms with Gasteiger partial charge in [-0.2, -0.15) is 0 Å². The molecule has 102 valence electrons. The van der Waals surface area contributed by atoms with Crippen LogP contribution in [0.4, 0.5) is 0 Å². The van der Waals surface area contributed by atoms with Crippen molar-refractivity contribution < 1.29 is 18.3 Å². The molecule has 0 unspecified atom stereocenters. The molecule has 1 rings (SSSR count). The lowest BCUT2D eigenvalue weighted by molar-refractivity contribution is 0.0683. The summed E-state index contributed by atoms with van der Waals surface area (Å²) < 4.78 is 26.8. The van der Waals surface area contributed by atoms with E-state index in [1.807, 2.05) is 0 Å². The second-order valence-corrected chi connectivity index (χ2v) is 6.33. The van der Waals surface area contributed by atoms with Crippen LogP contribution in [0.2, 0.25) is 0 Å². The van der Waals surface area contributed by atoms with E-state index in [1.165, 1.54) is 28.2 Å². The molecule has 0 amide bonds. The molecule has 0 aromatic carbocycles. The van der Waals surface area contributed by atoms with Crippen LogP contribution < -0.4 is 0 Å². The molecule has 7 heteroatoms. The van der Waals surface area contributed by atoms with Crippen LogP contribution in [0.5, 0.6) is 0 Å². The molecule has 0 radical (unpaired) electrons. The number of hydrogen-bond acceptors (Lipinski definition) is 3. The zero-order chi connectivity index (χ0) is 14.1. The van der Waals surface area contributed by atoms with E-state index < -0.39 is 16.0 Å². The Morgan fingerprint density at radius 3 is 2.39 bits per heavy atom. The Kier molecular flexibility index (Phi) is 4.18. The van der Waals surface area contributed by atoms with E-state index in [4.69, 9.17) is 5.11 Å². The average Bonchev–Trinajstić information content (AvgIpc) is 2.73. The van der Waals surface area contributed by atoms with Gasteiger partial charge in [-0.25, -0.2) is 17.5 Å². The predicted octanol–water partition coefficient (Wildman–Crippen LogP) is 1.41. The molecule has 1 aromatic rings. The van der Waals surface area contributed by atoms with Gasteiger partial charge >= 0.3 is 5.97 Å². The van der Waals surface area contributed by atoms with Gasteiger partial charge < -0.3 is 9.67 Å². The van der Waals surface area contributed by atoms with Gasteiger partial charge in [0.15, 0.2) is 0 Å². The van der Waals surface area contributed by atoms with Gasteiger partial charge in [0.1, 0.15) is 10.6 Å². The van der Waals surface area contributed by atoms with Crippen LogP contribution in [-0.2, 0) is 10.0 Å². The normalized spacial score (nSPS) is 12.3. The van der Waals surface area contributed by atoms with Crippen LogP contribution in [0.25, 0.3) is 0 Å². The minimum absolute atomic E-state index is 0.0120. The SMILES string of the molecule is CCN(C)S(=O)(=O)c1cc(C(=O)O)n(C(C)C)c1. The predicted molar refractivity (Wildman–Crippen MR) is 67.3 cm³/mol. The Morgan fingerprint density at radius 1 is 1.50 bits per heavy atom. The zero-order valence-electron chi connectivity index (χ0n) is 10.9. The molecular weight excluding hydrogens is 256 g/mol. The summed E-state index contributed by atoms with van der Waals surface area (Å²) in [5, 5.41) is 9.06. The Labute approximate surface area is 107 Å². The van der Waals surface area contributed by atoms with Crippen LogP contribution in [-0.4, -0.2) is 42.0 Å². The molecule has 0 bridgehead atoms. The van der Waals surface area contributed by atoms with E-state index in [0.717, 1.165) is 0 Å². The lowest BCUT2D eigenvalue weighted by Crippen LogP contribution is -2.26. The molecule has 6 nitrogen and oxygen atoms in total. The molecular formula is C11H18N2O4S. The molecule has 0 aliphatic carbocycles. The highest BCUT2D eigenvalue weighted by Gasteiger charge is 2.25. The average molecular weight is 274 g/mol. The molecule has 0 spiro atoms. The Morgan fingerprint density at radius 2 is 2.06 bits per heavy atom. The second kappa shape index (κ2) is 5.11. The van der Waals surface area contributed by atoms with Gasteiger partial charge in [0.05, 0.1) is 0 Å². The molecule has 0 aliphatic heterocycles. The number of aromatic carboxylic acids is 1. The first-order chi connectivity index (χ1) is 8.21. The third-order valence-corrected chi connectivity index (χ3v) is 4.65. The smallest absolute Gasteiger partial charge is 0.352 e.